The average Bonchev–Trinajstić information content (AvgIpc) is 2.30. The number of nitrogen functional groups attached to an aromatic ring is 2. The van der Waals surface area contributed by atoms with E-state index in [0.717, 1.165) is 5.69 Å². The van der Waals surface area contributed by atoms with E-state index in [1.165, 1.54) is 6.07 Å². The van der Waals surface area contributed by atoms with Gasteiger partial charge in [0.25, 0.3) is 0 Å². The SMILES string of the molecule is Nc1cc(Cl)c(NNc2ccc(Cl)cc2)c(N)n1. The van der Waals surface area contributed by atoms with Gasteiger partial charge in [-0.2, -0.15) is 0 Å². The molecule has 0 radical (unpaired) electrons. The van der Waals surface area contributed by atoms with Gasteiger partial charge in [-0.25, -0.2) is 4.98 Å². The molecule has 0 bridgehead atoms. The number of anilines is 4. The molecule has 0 saturated heterocycles. The van der Waals surface area contributed by atoms with Crippen molar-refractivity contribution in [1.29, 1.82) is 0 Å². The fourth-order valence-corrected chi connectivity index (χ4v) is 1.73. The van der Waals surface area contributed by atoms with Crippen molar-refractivity contribution in [2.45, 2.75) is 0 Å². The molecule has 0 aliphatic heterocycles. The Morgan fingerprint density at radius 2 is 1.67 bits per heavy atom. The van der Waals surface area contributed by atoms with Crippen molar-refractivity contribution in [2.24, 2.45) is 0 Å². The third-order valence-electron chi connectivity index (χ3n) is 2.20. The van der Waals surface area contributed by atoms with Crippen LogP contribution in [-0.4, -0.2) is 4.98 Å². The summed E-state index contributed by atoms with van der Waals surface area (Å²) in [6.45, 7) is 0. The zero-order valence-corrected chi connectivity index (χ0v) is 10.8. The molecule has 0 aliphatic rings. The first-order valence-corrected chi connectivity index (χ1v) is 5.81. The van der Waals surface area contributed by atoms with Crippen LogP contribution >= 0.6 is 23.2 Å². The summed E-state index contributed by atoms with van der Waals surface area (Å²) in [5.74, 6) is 0.496. The van der Waals surface area contributed by atoms with Crippen LogP contribution in [0.1, 0.15) is 0 Å². The van der Waals surface area contributed by atoms with Gasteiger partial charge < -0.3 is 16.9 Å². The second-order valence-corrected chi connectivity index (χ2v) is 4.39. The lowest BCUT2D eigenvalue weighted by Crippen LogP contribution is -2.12. The third-order valence-corrected chi connectivity index (χ3v) is 2.75. The molecule has 18 heavy (non-hydrogen) atoms. The van der Waals surface area contributed by atoms with Crippen LogP contribution in [0.25, 0.3) is 0 Å². The Labute approximate surface area is 114 Å². The highest BCUT2D eigenvalue weighted by atomic mass is 35.5. The molecule has 1 heterocycles. The standard InChI is InChI=1S/C11H11Cl2N5/c12-6-1-3-7(4-2-6)17-18-10-8(13)5-9(14)16-11(10)15/h1-5,17-18H,(H4,14,15,16). The minimum Gasteiger partial charge on any atom is -0.384 e. The Bertz CT molecular complexity index is 533. The molecule has 0 fully saturated rings. The summed E-state index contributed by atoms with van der Waals surface area (Å²) in [5, 5.41) is 1.05. The van der Waals surface area contributed by atoms with Crippen molar-refractivity contribution in [2.75, 3.05) is 22.3 Å². The predicted molar refractivity (Wildman–Crippen MR) is 76.8 cm³/mol. The molecule has 0 atom stereocenters. The number of halogens is 2. The topological polar surface area (TPSA) is 89.0 Å². The number of benzene rings is 1. The fourth-order valence-electron chi connectivity index (χ4n) is 1.34. The fraction of sp³-hybridized carbons (Fsp3) is 0. The van der Waals surface area contributed by atoms with E-state index in [1.54, 1.807) is 12.1 Å². The molecular formula is C11H11Cl2N5. The van der Waals surface area contributed by atoms with E-state index in [9.17, 15) is 0 Å². The van der Waals surface area contributed by atoms with Crippen LogP contribution in [0.4, 0.5) is 23.0 Å². The van der Waals surface area contributed by atoms with Crippen molar-refractivity contribution < 1.29 is 0 Å². The van der Waals surface area contributed by atoms with Gasteiger partial charge in [-0.05, 0) is 24.3 Å². The smallest absolute Gasteiger partial charge is 0.152 e. The summed E-state index contributed by atoms with van der Waals surface area (Å²) in [6.07, 6.45) is 0. The second-order valence-electron chi connectivity index (χ2n) is 3.55. The Hall–Kier alpha value is -1.85. The average molecular weight is 284 g/mol. The van der Waals surface area contributed by atoms with Crippen molar-refractivity contribution in [1.82, 2.24) is 4.98 Å². The van der Waals surface area contributed by atoms with Crippen molar-refractivity contribution in [3.8, 4) is 0 Å². The van der Waals surface area contributed by atoms with Crippen molar-refractivity contribution in [3.63, 3.8) is 0 Å². The maximum atomic E-state index is 6.00. The predicted octanol–water partition coefficient (Wildman–Crippen LogP) is 2.99. The highest BCUT2D eigenvalue weighted by Crippen LogP contribution is 2.28. The molecule has 94 valence electrons. The molecule has 5 nitrogen and oxygen atoms in total. The summed E-state index contributed by atoms with van der Waals surface area (Å²) in [7, 11) is 0. The lowest BCUT2D eigenvalue weighted by molar-refractivity contribution is 1.31. The van der Waals surface area contributed by atoms with E-state index in [0.29, 0.717) is 15.7 Å². The van der Waals surface area contributed by atoms with Crippen LogP contribution in [-0.2, 0) is 0 Å². The first kappa shape index (κ1) is 12.6. The van der Waals surface area contributed by atoms with E-state index in [1.807, 2.05) is 12.1 Å². The molecule has 0 unspecified atom stereocenters. The number of aromatic nitrogens is 1. The molecule has 2 rings (SSSR count). The second kappa shape index (κ2) is 5.20. The highest BCUT2D eigenvalue weighted by molar-refractivity contribution is 6.34. The van der Waals surface area contributed by atoms with Crippen LogP contribution in [0.3, 0.4) is 0 Å². The van der Waals surface area contributed by atoms with Gasteiger partial charge in [0.05, 0.1) is 10.7 Å². The number of nitrogens with one attached hydrogen (secondary N) is 2. The van der Waals surface area contributed by atoms with Gasteiger partial charge in [-0.15, -0.1) is 0 Å². The third kappa shape index (κ3) is 2.88. The molecule has 1 aromatic carbocycles. The lowest BCUT2D eigenvalue weighted by atomic mass is 10.3. The summed E-state index contributed by atoms with van der Waals surface area (Å²) in [5.41, 5.74) is 18.3. The van der Waals surface area contributed by atoms with E-state index >= 15 is 0 Å². The Balaban J connectivity index is 2.13. The van der Waals surface area contributed by atoms with E-state index in [4.69, 9.17) is 34.7 Å². The zero-order valence-electron chi connectivity index (χ0n) is 9.24. The zero-order chi connectivity index (χ0) is 13.1. The number of hydrogen-bond acceptors (Lipinski definition) is 5. The van der Waals surface area contributed by atoms with Gasteiger partial charge in [0.15, 0.2) is 5.82 Å². The molecule has 0 aliphatic carbocycles. The molecule has 0 saturated carbocycles. The molecule has 6 N–H and O–H groups in total. The number of nitrogens with zero attached hydrogens (tertiary/aromatic N) is 1. The lowest BCUT2D eigenvalue weighted by Gasteiger charge is -2.13. The molecule has 7 heteroatoms. The number of hydrogen-bond donors (Lipinski definition) is 4. The normalized spacial score (nSPS) is 10.1. The molecule has 1 aromatic heterocycles. The van der Waals surface area contributed by atoms with E-state index in [-0.39, 0.29) is 11.6 Å². The van der Waals surface area contributed by atoms with Gasteiger partial charge in [-0.3, -0.25) is 5.43 Å². The molecular weight excluding hydrogens is 273 g/mol. The van der Waals surface area contributed by atoms with Gasteiger partial charge in [0.1, 0.15) is 11.5 Å². The summed E-state index contributed by atoms with van der Waals surface area (Å²) in [6, 6.07) is 8.66. The van der Waals surface area contributed by atoms with E-state index < -0.39 is 0 Å². The molecule has 0 amide bonds. The van der Waals surface area contributed by atoms with Gasteiger partial charge >= 0.3 is 0 Å². The molecule has 2 aromatic rings. The summed E-state index contributed by atoms with van der Waals surface area (Å²) in [4.78, 5) is 3.91. The van der Waals surface area contributed by atoms with E-state index in [2.05, 4.69) is 15.8 Å². The minimum absolute atomic E-state index is 0.224. The summed E-state index contributed by atoms with van der Waals surface area (Å²) < 4.78 is 0. The Morgan fingerprint density at radius 1 is 1.00 bits per heavy atom. The monoisotopic (exact) mass is 283 g/mol. The first-order valence-electron chi connectivity index (χ1n) is 5.05. The number of hydrazine groups is 1. The maximum Gasteiger partial charge on any atom is 0.152 e. The van der Waals surface area contributed by atoms with Crippen LogP contribution in [0.2, 0.25) is 10.0 Å². The van der Waals surface area contributed by atoms with Gasteiger partial charge in [0.2, 0.25) is 0 Å². The van der Waals surface area contributed by atoms with Gasteiger partial charge in [-0.1, -0.05) is 23.2 Å². The number of rotatable bonds is 3. The molecule has 0 spiro atoms. The summed E-state index contributed by atoms with van der Waals surface area (Å²) >= 11 is 11.8. The quantitative estimate of drug-likeness (QED) is 0.651. The first-order chi connectivity index (χ1) is 8.56. The van der Waals surface area contributed by atoms with Crippen molar-refractivity contribution in [3.05, 3.63) is 40.4 Å². The van der Waals surface area contributed by atoms with Crippen LogP contribution in [0, 0.1) is 0 Å². The highest BCUT2D eigenvalue weighted by Gasteiger charge is 2.07. The van der Waals surface area contributed by atoms with Crippen molar-refractivity contribution >= 4 is 46.2 Å². The maximum absolute atomic E-state index is 6.00. The number of pyridine rings is 1. The Morgan fingerprint density at radius 3 is 2.28 bits per heavy atom. The van der Waals surface area contributed by atoms with Crippen LogP contribution in [0.15, 0.2) is 30.3 Å². The Kier molecular flexibility index (Phi) is 3.64. The largest absolute Gasteiger partial charge is 0.384 e. The minimum atomic E-state index is 0.224. The van der Waals surface area contributed by atoms with Gasteiger partial charge in [0, 0.05) is 11.1 Å². The number of nitrogens with two attached hydrogens (primary N) is 2. The van der Waals surface area contributed by atoms with Crippen LogP contribution in [0.5, 0.6) is 0 Å². The van der Waals surface area contributed by atoms with Crippen LogP contribution < -0.4 is 22.3 Å².